The molecule has 0 atom stereocenters. The normalized spacial score (nSPS) is 17.6. The summed E-state index contributed by atoms with van der Waals surface area (Å²) in [7, 11) is 0. The van der Waals surface area contributed by atoms with Gasteiger partial charge in [-0.15, -0.1) is 11.3 Å². The van der Waals surface area contributed by atoms with Crippen LogP contribution < -0.4 is 10.6 Å². The SMILES string of the molecule is Cc1cc2c(N3CCC(CN)CC3)ncnc2s1. The van der Waals surface area contributed by atoms with Crippen LogP contribution in [0.1, 0.15) is 17.7 Å². The summed E-state index contributed by atoms with van der Waals surface area (Å²) in [4.78, 5) is 13.6. The van der Waals surface area contributed by atoms with Crippen molar-refractivity contribution in [3.8, 4) is 0 Å². The number of hydrogen-bond donors (Lipinski definition) is 1. The quantitative estimate of drug-likeness (QED) is 0.901. The Labute approximate surface area is 111 Å². The zero-order valence-corrected chi connectivity index (χ0v) is 11.4. The summed E-state index contributed by atoms with van der Waals surface area (Å²) >= 11 is 1.74. The van der Waals surface area contributed by atoms with E-state index in [2.05, 4.69) is 27.9 Å². The Morgan fingerprint density at radius 2 is 2.17 bits per heavy atom. The first-order valence-corrected chi connectivity index (χ1v) is 7.25. The van der Waals surface area contributed by atoms with Gasteiger partial charge < -0.3 is 10.6 Å². The highest BCUT2D eigenvalue weighted by atomic mass is 32.1. The van der Waals surface area contributed by atoms with E-state index in [1.54, 1.807) is 17.7 Å². The molecule has 5 heteroatoms. The molecule has 0 aromatic carbocycles. The van der Waals surface area contributed by atoms with Gasteiger partial charge in [0.05, 0.1) is 5.39 Å². The van der Waals surface area contributed by atoms with Gasteiger partial charge in [-0.1, -0.05) is 0 Å². The average molecular weight is 262 g/mol. The van der Waals surface area contributed by atoms with Gasteiger partial charge in [-0.3, -0.25) is 0 Å². The molecule has 96 valence electrons. The predicted molar refractivity (Wildman–Crippen MR) is 76.1 cm³/mol. The minimum Gasteiger partial charge on any atom is -0.356 e. The van der Waals surface area contributed by atoms with Gasteiger partial charge in [-0.2, -0.15) is 0 Å². The fraction of sp³-hybridized carbons (Fsp3) is 0.538. The number of hydrogen-bond acceptors (Lipinski definition) is 5. The number of fused-ring (bicyclic) bond motifs is 1. The molecular weight excluding hydrogens is 244 g/mol. The molecule has 0 bridgehead atoms. The van der Waals surface area contributed by atoms with Crippen LogP contribution in [-0.4, -0.2) is 29.6 Å². The molecule has 0 spiro atoms. The lowest BCUT2D eigenvalue weighted by Crippen LogP contribution is -2.36. The number of anilines is 1. The highest BCUT2D eigenvalue weighted by Crippen LogP contribution is 2.31. The summed E-state index contributed by atoms with van der Waals surface area (Å²) < 4.78 is 0. The topological polar surface area (TPSA) is 55.0 Å². The van der Waals surface area contributed by atoms with Crippen molar-refractivity contribution in [2.45, 2.75) is 19.8 Å². The van der Waals surface area contributed by atoms with Gasteiger partial charge in [0.2, 0.25) is 0 Å². The number of rotatable bonds is 2. The first-order valence-electron chi connectivity index (χ1n) is 6.44. The maximum absolute atomic E-state index is 5.74. The Kier molecular flexibility index (Phi) is 3.18. The number of piperidine rings is 1. The molecule has 2 aromatic rings. The van der Waals surface area contributed by atoms with E-state index >= 15 is 0 Å². The van der Waals surface area contributed by atoms with E-state index in [-0.39, 0.29) is 0 Å². The Hall–Kier alpha value is -1.20. The van der Waals surface area contributed by atoms with Crippen molar-refractivity contribution in [1.29, 1.82) is 0 Å². The lowest BCUT2D eigenvalue weighted by Gasteiger charge is -2.32. The van der Waals surface area contributed by atoms with Crippen molar-refractivity contribution < 1.29 is 0 Å². The Morgan fingerprint density at radius 1 is 1.39 bits per heavy atom. The van der Waals surface area contributed by atoms with Gasteiger partial charge in [0.1, 0.15) is 17.0 Å². The third-order valence-corrected chi connectivity index (χ3v) is 4.64. The smallest absolute Gasteiger partial charge is 0.140 e. The molecule has 2 N–H and O–H groups in total. The van der Waals surface area contributed by atoms with Crippen molar-refractivity contribution in [3.63, 3.8) is 0 Å². The summed E-state index contributed by atoms with van der Waals surface area (Å²) in [5.41, 5.74) is 5.74. The zero-order chi connectivity index (χ0) is 12.5. The first-order chi connectivity index (χ1) is 8.78. The maximum atomic E-state index is 5.74. The first kappa shape index (κ1) is 11.9. The van der Waals surface area contributed by atoms with Crippen LogP contribution in [0.5, 0.6) is 0 Å². The van der Waals surface area contributed by atoms with Crippen molar-refractivity contribution >= 4 is 27.4 Å². The molecule has 3 rings (SSSR count). The molecule has 18 heavy (non-hydrogen) atoms. The summed E-state index contributed by atoms with van der Waals surface area (Å²) in [6.07, 6.45) is 4.03. The third kappa shape index (κ3) is 2.08. The van der Waals surface area contributed by atoms with Gasteiger partial charge in [0.25, 0.3) is 0 Å². The highest BCUT2D eigenvalue weighted by Gasteiger charge is 2.21. The fourth-order valence-electron chi connectivity index (χ4n) is 2.60. The fourth-order valence-corrected chi connectivity index (χ4v) is 3.44. The zero-order valence-electron chi connectivity index (χ0n) is 10.6. The average Bonchev–Trinajstić information content (AvgIpc) is 2.79. The van der Waals surface area contributed by atoms with Gasteiger partial charge in [0.15, 0.2) is 0 Å². The molecular formula is C13H18N4S. The summed E-state index contributed by atoms with van der Waals surface area (Å²) in [5.74, 6) is 1.78. The van der Waals surface area contributed by atoms with E-state index in [0.29, 0.717) is 5.92 Å². The lowest BCUT2D eigenvalue weighted by molar-refractivity contribution is 0.413. The van der Waals surface area contributed by atoms with Crippen LogP contribution in [-0.2, 0) is 0 Å². The summed E-state index contributed by atoms with van der Waals surface area (Å²) in [6.45, 7) is 5.05. The van der Waals surface area contributed by atoms with Gasteiger partial charge >= 0.3 is 0 Å². The number of thiophene rings is 1. The van der Waals surface area contributed by atoms with E-state index < -0.39 is 0 Å². The largest absolute Gasteiger partial charge is 0.356 e. The molecule has 0 aliphatic carbocycles. The summed E-state index contributed by atoms with van der Waals surface area (Å²) in [5, 5.41) is 1.20. The number of aryl methyl sites for hydroxylation is 1. The maximum Gasteiger partial charge on any atom is 0.140 e. The van der Waals surface area contributed by atoms with E-state index in [4.69, 9.17) is 5.73 Å². The van der Waals surface area contributed by atoms with E-state index in [1.165, 1.54) is 23.1 Å². The number of nitrogens with zero attached hydrogens (tertiary/aromatic N) is 3. The van der Waals surface area contributed by atoms with Crippen LogP contribution in [0.4, 0.5) is 5.82 Å². The molecule has 1 fully saturated rings. The highest BCUT2D eigenvalue weighted by molar-refractivity contribution is 7.18. The molecule has 0 radical (unpaired) electrons. The van der Waals surface area contributed by atoms with E-state index in [9.17, 15) is 0 Å². The van der Waals surface area contributed by atoms with Crippen LogP contribution in [0.25, 0.3) is 10.2 Å². The second kappa shape index (κ2) is 4.82. The Balaban J connectivity index is 1.90. The van der Waals surface area contributed by atoms with Gasteiger partial charge in [-0.25, -0.2) is 9.97 Å². The van der Waals surface area contributed by atoms with Crippen LogP contribution in [0.15, 0.2) is 12.4 Å². The van der Waals surface area contributed by atoms with Gasteiger partial charge in [0, 0.05) is 18.0 Å². The van der Waals surface area contributed by atoms with Gasteiger partial charge in [-0.05, 0) is 38.3 Å². The Bertz CT molecular complexity index is 543. The van der Waals surface area contributed by atoms with Crippen molar-refractivity contribution in [2.24, 2.45) is 11.7 Å². The van der Waals surface area contributed by atoms with Crippen LogP contribution in [0.3, 0.4) is 0 Å². The Morgan fingerprint density at radius 3 is 2.89 bits per heavy atom. The van der Waals surface area contributed by atoms with Crippen molar-refractivity contribution in [1.82, 2.24) is 9.97 Å². The molecule has 0 saturated carbocycles. The second-order valence-corrected chi connectivity index (χ2v) is 6.17. The molecule has 0 amide bonds. The minimum absolute atomic E-state index is 0.683. The lowest BCUT2D eigenvalue weighted by atomic mass is 9.97. The van der Waals surface area contributed by atoms with Crippen LogP contribution >= 0.6 is 11.3 Å². The second-order valence-electron chi connectivity index (χ2n) is 4.94. The third-order valence-electron chi connectivity index (χ3n) is 3.68. The van der Waals surface area contributed by atoms with Crippen LogP contribution in [0.2, 0.25) is 0 Å². The molecule has 3 heterocycles. The molecule has 1 aliphatic rings. The minimum atomic E-state index is 0.683. The predicted octanol–water partition coefficient (Wildman–Crippen LogP) is 2.17. The number of aromatic nitrogens is 2. The molecule has 1 aliphatic heterocycles. The van der Waals surface area contributed by atoms with E-state index in [0.717, 1.165) is 30.3 Å². The molecule has 1 saturated heterocycles. The number of nitrogens with two attached hydrogens (primary N) is 1. The van der Waals surface area contributed by atoms with Crippen LogP contribution in [0, 0.1) is 12.8 Å². The standard InChI is InChI=1S/C13H18N4S/c1-9-6-11-12(15-8-16-13(11)18-9)17-4-2-10(7-14)3-5-17/h6,8,10H,2-5,7,14H2,1H3. The van der Waals surface area contributed by atoms with E-state index in [1.807, 2.05) is 0 Å². The molecule has 0 unspecified atom stereocenters. The monoisotopic (exact) mass is 262 g/mol. The molecule has 4 nitrogen and oxygen atoms in total. The summed E-state index contributed by atoms with van der Waals surface area (Å²) in [6, 6.07) is 2.20. The van der Waals surface area contributed by atoms with Crippen molar-refractivity contribution in [3.05, 3.63) is 17.3 Å². The van der Waals surface area contributed by atoms with Crippen molar-refractivity contribution in [2.75, 3.05) is 24.5 Å². The molecule has 2 aromatic heterocycles.